The highest BCUT2D eigenvalue weighted by atomic mass is 14.5. The maximum atomic E-state index is 8.99. The Bertz CT molecular complexity index is 279. The molecule has 0 amide bonds. The number of hydrogen-bond donors (Lipinski definition) is 0. The van der Waals surface area contributed by atoms with Gasteiger partial charge in [0.15, 0.2) is 0 Å². The highest BCUT2D eigenvalue weighted by Crippen LogP contribution is 2.44. The first-order valence-electron chi connectivity index (χ1n) is 5.81. The second kappa shape index (κ2) is 4.67. The first-order valence-corrected chi connectivity index (χ1v) is 5.81. The van der Waals surface area contributed by atoms with E-state index in [1.54, 1.807) is 0 Å². The Morgan fingerprint density at radius 2 is 1.80 bits per heavy atom. The molecule has 0 heterocycles. The molecule has 0 aromatic rings. The third kappa shape index (κ3) is 2.51. The first kappa shape index (κ1) is 12.1. The van der Waals surface area contributed by atoms with Crippen molar-refractivity contribution < 1.29 is 0 Å². The minimum atomic E-state index is -0.465. The van der Waals surface area contributed by atoms with Gasteiger partial charge in [-0.25, -0.2) is 0 Å². The second-order valence-electron chi connectivity index (χ2n) is 5.48. The van der Waals surface area contributed by atoms with Crippen LogP contribution in [0.25, 0.3) is 0 Å². The Kier molecular flexibility index (Phi) is 3.75. The summed E-state index contributed by atoms with van der Waals surface area (Å²) in [5.41, 5.74) is -0.155. The van der Waals surface area contributed by atoms with Crippen LogP contribution in [0.1, 0.15) is 46.5 Å². The lowest BCUT2D eigenvalue weighted by Crippen LogP contribution is -2.34. The van der Waals surface area contributed by atoms with Crippen molar-refractivity contribution in [1.29, 1.82) is 10.5 Å². The van der Waals surface area contributed by atoms with Crippen LogP contribution in [0.3, 0.4) is 0 Å². The molecule has 0 spiro atoms. The standard InChI is InChI=1S/C13H20N2/c1-10-5-4-6-11(7-10)13(2,3)12(8-14)9-15/h10-12H,4-7H2,1-3H3/t10-,11+/m1/s1. The quantitative estimate of drug-likeness (QED) is 0.691. The van der Waals surface area contributed by atoms with E-state index in [2.05, 4.69) is 32.9 Å². The van der Waals surface area contributed by atoms with Crippen LogP contribution in [0.5, 0.6) is 0 Å². The monoisotopic (exact) mass is 204 g/mol. The first-order chi connectivity index (χ1) is 7.02. The van der Waals surface area contributed by atoms with Crippen LogP contribution < -0.4 is 0 Å². The number of nitrogens with zero attached hydrogens (tertiary/aromatic N) is 2. The molecule has 0 aliphatic heterocycles. The molecule has 2 nitrogen and oxygen atoms in total. The van der Waals surface area contributed by atoms with E-state index < -0.39 is 5.92 Å². The van der Waals surface area contributed by atoms with Gasteiger partial charge in [-0.15, -0.1) is 0 Å². The van der Waals surface area contributed by atoms with Crippen molar-refractivity contribution in [1.82, 2.24) is 0 Å². The van der Waals surface area contributed by atoms with Gasteiger partial charge in [-0.1, -0.05) is 33.6 Å². The fraction of sp³-hybridized carbons (Fsp3) is 0.846. The lowest BCUT2D eigenvalue weighted by Gasteiger charge is -2.39. The van der Waals surface area contributed by atoms with Gasteiger partial charge in [-0.3, -0.25) is 0 Å². The summed E-state index contributed by atoms with van der Waals surface area (Å²) < 4.78 is 0. The van der Waals surface area contributed by atoms with E-state index in [1.165, 1.54) is 25.7 Å². The number of hydrogen-bond acceptors (Lipinski definition) is 2. The van der Waals surface area contributed by atoms with E-state index in [-0.39, 0.29) is 5.41 Å². The largest absolute Gasteiger partial charge is 0.197 e. The summed E-state index contributed by atoms with van der Waals surface area (Å²) in [7, 11) is 0. The summed E-state index contributed by atoms with van der Waals surface area (Å²) in [6.45, 7) is 6.43. The van der Waals surface area contributed by atoms with Crippen molar-refractivity contribution in [3.63, 3.8) is 0 Å². The molecule has 0 unspecified atom stereocenters. The zero-order valence-electron chi connectivity index (χ0n) is 9.95. The highest BCUT2D eigenvalue weighted by Gasteiger charge is 2.39. The van der Waals surface area contributed by atoms with E-state index in [4.69, 9.17) is 10.5 Å². The molecule has 2 atom stereocenters. The Balaban J connectivity index is 2.77. The Labute approximate surface area is 92.9 Å². The number of nitriles is 2. The minimum Gasteiger partial charge on any atom is -0.197 e. The summed E-state index contributed by atoms with van der Waals surface area (Å²) in [5.74, 6) is 0.819. The van der Waals surface area contributed by atoms with Crippen LogP contribution in [-0.4, -0.2) is 0 Å². The van der Waals surface area contributed by atoms with Gasteiger partial charge in [0, 0.05) is 0 Å². The summed E-state index contributed by atoms with van der Waals surface area (Å²) in [6, 6.07) is 4.29. The molecule has 15 heavy (non-hydrogen) atoms. The lowest BCUT2D eigenvalue weighted by atomic mass is 9.63. The van der Waals surface area contributed by atoms with Crippen molar-refractivity contribution in [3.05, 3.63) is 0 Å². The van der Waals surface area contributed by atoms with Crippen LogP contribution in [0.4, 0.5) is 0 Å². The van der Waals surface area contributed by atoms with Gasteiger partial charge in [0.05, 0.1) is 12.1 Å². The van der Waals surface area contributed by atoms with Crippen molar-refractivity contribution >= 4 is 0 Å². The van der Waals surface area contributed by atoms with Crippen LogP contribution in [0, 0.1) is 45.8 Å². The Morgan fingerprint density at radius 3 is 2.27 bits per heavy atom. The molecule has 0 saturated heterocycles. The van der Waals surface area contributed by atoms with Gasteiger partial charge in [0.1, 0.15) is 5.92 Å². The molecule has 1 aliphatic carbocycles. The molecule has 1 saturated carbocycles. The molecule has 1 aliphatic rings. The molecule has 0 aromatic carbocycles. The molecule has 82 valence electrons. The topological polar surface area (TPSA) is 47.6 Å². The molecular formula is C13H20N2. The fourth-order valence-electron chi connectivity index (χ4n) is 2.71. The van der Waals surface area contributed by atoms with Crippen LogP contribution in [0.2, 0.25) is 0 Å². The summed E-state index contributed by atoms with van der Waals surface area (Å²) in [5, 5.41) is 18.0. The third-order valence-electron chi connectivity index (χ3n) is 3.99. The smallest absolute Gasteiger partial charge is 0.138 e. The molecule has 1 fully saturated rings. The van der Waals surface area contributed by atoms with E-state index in [0.717, 1.165) is 5.92 Å². The SMILES string of the molecule is C[C@@H]1CCC[C@H](C(C)(C)C(C#N)C#N)C1. The van der Waals surface area contributed by atoms with Crippen LogP contribution in [0.15, 0.2) is 0 Å². The molecule has 0 N–H and O–H groups in total. The lowest BCUT2D eigenvalue weighted by molar-refractivity contribution is 0.110. The Hall–Kier alpha value is -1.02. The van der Waals surface area contributed by atoms with Crippen molar-refractivity contribution in [2.45, 2.75) is 46.5 Å². The minimum absolute atomic E-state index is 0.155. The normalized spacial score (nSPS) is 27.1. The van der Waals surface area contributed by atoms with Gasteiger partial charge in [-0.05, 0) is 30.1 Å². The van der Waals surface area contributed by atoms with E-state index in [1.807, 2.05) is 0 Å². The van der Waals surface area contributed by atoms with Crippen molar-refractivity contribution in [2.24, 2.45) is 23.2 Å². The molecule has 0 aromatic heterocycles. The molecular weight excluding hydrogens is 184 g/mol. The van der Waals surface area contributed by atoms with E-state index >= 15 is 0 Å². The average Bonchev–Trinajstić information content (AvgIpc) is 2.19. The van der Waals surface area contributed by atoms with Gasteiger partial charge < -0.3 is 0 Å². The van der Waals surface area contributed by atoms with Crippen molar-refractivity contribution in [2.75, 3.05) is 0 Å². The van der Waals surface area contributed by atoms with Gasteiger partial charge in [0.2, 0.25) is 0 Å². The molecule has 2 heteroatoms. The second-order valence-corrected chi connectivity index (χ2v) is 5.48. The van der Waals surface area contributed by atoms with Gasteiger partial charge >= 0.3 is 0 Å². The third-order valence-corrected chi connectivity index (χ3v) is 3.99. The maximum absolute atomic E-state index is 8.99. The van der Waals surface area contributed by atoms with Crippen LogP contribution in [-0.2, 0) is 0 Å². The summed E-state index contributed by atoms with van der Waals surface area (Å²) in [4.78, 5) is 0. The fourth-order valence-corrected chi connectivity index (χ4v) is 2.71. The Morgan fingerprint density at radius 1 is 1.20 bits per heavy atom. The predicted octanol–water partition coefficient (Wildman–Crippen LogP) is 3.50. The maximum Gasteiger partial charge on any atom is 0.138 e. The highest BCUT2D eigenvalue weighted by molar-refractivity contribution is 5.08. The van der Waals surface area contributed by atoms with Gasteiger partial charge in [0.25, 0.3) is 0 Å². The zero-order chi connectivity index (χ0) is 11.5. The summed E-state index contributed by atoms with van der Waals surface area (Å²) >= 11 is 0. The van der Waals surface area contributed by atoms with E-state index in [9.17, 15) is 0 Å². The molecule has 1 rings (SSSR count). The zero-order valence-corrected chi connectivity index (χ0v) is 9.95. The van der Waals surface area contributed by atoms with Crippen molar-refractivity contribution in [3.8, 4) is 12.1 Å². The summed E-state index contributed by atoms with van der Waals surface area (Å²) in [6.07, 6.45) is 4.90. The van der Waals surface area contributed by atoms with Gasteiger partial charge in [-0.2, -0.15) is 10.5 Å². The molecule has 0 radical (unpaired) electrons. The van der Waals surface area contributed by atoms with E-state index in [0.29, 0.717) is 5.92 Å². The van der Waals surface area contributed by atoms with Crippen LogP contribution >= 0.6 is 0 Å². The average molecular weight is 204 g/mol. The predicted molar refractivity (Wildman–Crippen MR) is 59.6 cm³/mol. The number of rotatable bonds is 2. The molecule has 0 bridgehead atoms.